The van der Waals surface area contributed by atoms with E-state index in [4.69, 9.17) is 14.5 Å². The number of rotatable bonds is 4. The number of ether oxygens (including phenoxy) is 2. The molecule has 7 heteroatoms. The number of fused-ring (bicyclic) bond motifs is 2. The summed E-state index contributed by atoms with van der Waals surface area (Å²) < 4.78 is 11.5. The van der Waals surface area contributed by atoms with Crippen LogP contribution in [0.2, 0.25) is 0 Å². The highest BCUT2D eigenvalue weighted by molar-refractivity contribution is 14.0. The molecule has 3 aromatic rings. The van der Waals surface area contributed by atoms with Gasteiger partial charge in [-0.1, -0.05) is 24.3 Å². The van der Waals surface area contributed by atoms with Crippen molar-refractivity contribution in [2.45, 2.75) is 19.9 Å². The Morgan fingerprint density at radius 3 is 2.76 bits per heavy atom. The Hall–Kier alpha value is -2.55. The third-order valence-corrected chi connectivity index (χ3v) is 4.48. The average Bonchev–Trinajstić information content (AvgIpc) is 2.97. The standard InChI is InChI=1S/C22H24N4O2.HI/c1-2-23-22(25-15-17-7-3-6-16-8-4-11-24-21(16)17)26-18-9-10-19-20(14-18)28-13-5-12-27-19;/h3-4,6-11,14H,2,5,12-13,15H2,1H3,(H2,23,25,26);1H. The van der Waals surface area contributed by atoms with E-state index < -0.39 is 0 Å². The van der Waals surface area contributed by atoms with Crippen LogP contribution in [0.4, 0.5) is 5.69 Å². The van der Waals surface area contributed by atoms with Crippen molar-refractivity contribution in [1.29, 1.82) is 0 Å². The molecular weight excluding hydrogens is 479 g/mol. The first-order valence-corrected chi connectivity index (χ1v) is 9.61. The van der Waals surface area contributed by atoms with Gasteiger partial charge < -0.3 is 20.1 Å². The fourth-order valence-electron chi connectivity index (χ4n) is 3.14. The van der Waals surface area contributed by atoms with E-state index in [1.54, 1.807) is 0 Å². The summed E-state index contributed by atoms with van der Waals surface area (Å²) in [7, 11) is 0. The topological polar surface area (TPSA) is 67.8 Å². The maximum Gasteiger partial charge on any atom is 0.196 e. The van der Waals surface area contributed by atoms with Gasteiger partial charge in [-0.3, -0.25) is 4.98 Å². The van der Waals surface area contributed by atoms with Crippen LogP contribution in [-0.2, 0) is 6.54 Å². The summed E-state index contributed by atoms with van der Waals surface area (Å²) in [6.45, 7) is 4.70. The largest absolute Gasteiger partial charge is 0.490 e. The first-order valence-electron chi connectivity index (χ1n) is 9.61. The van der Waals surface area contributed by atoms with Crippen LogP contribution in [0.15, 0.2) is 59.7 Å². The number of nitrogens with zero attached hydrogens (tertiary/aromatic N) is 2. The maximum absolute atomic E-state index is 5.77. The van der Waals surface area contributed by atoms with E-state index in [-0.39, 0.29) is 24.0 Å². The molecule has 152 valence electrons. The third-order valence-electron chi connectivity index (χ3n) is 4.48. The lowest BCUT2D eigenvalue weighted by molar-refractivity contribution is 0.297. The quantitative estimate of drug-likeness (QED) is 0.309. The summed E-state index contributed by atoms with van der Waals surface area (Å²) in [5.74, 6) is 2.26. The fourth-order valence-corrected chi connectivity index (χ4v) is 3.14. The van der Waals surface area contributed by atoms with Crippen LogP contribution in [0, 0.1) is 0 Å². The van der Waals surface area contributed by atoms with E-state index in [0.717, 1.165) is 46.6 Å². The molecule has 29 heavy (non-hydrogen) atoms. The van der Waals surface area contributed by atoms with Gasteiger partial charge >= 0.3 is 0 Å². The second kappa shape index (κ2) is 10.3. The van der Waals surface area contributed by atoms with Crippen molar-refractivity contribution in [3.05, 3.63) is 60.3 Å². The minimum absolute atomic E-state index is 0. The van der Waals surface area contributed by atoms with Crippen LogP contribution in [0.5, 0.6) is 11.5 Å². The molecule has 2 aromatic carbocycles. The molecule has 0 bridgehead atoms. The highest BCUT2D eigenvalue weighted by atomic mass is 127. The molecule has 4 rings (SSSR count). The number of hydrogen-bond donors (Lipinski definition) is 2. The average molecular weight is 504 g/mol. The number of benzene rings is 2. The Kier molecular flexibility index (Phi) is 7.51. The summed E-state index contributed by atoms with van der Waals surface area (Å²) in [5.41, 5.74) is 2.98. The Bertz CT molecular complexity index is 988. The number of guanidine groups is 1. The van der Waals surface area contributed by atoms with Crippen molar-refractivity contribution in [1.82, 2.24) is 10.3 Å². The van der Waals surface area contributed by atoms with E-state index in [9.17, 15) is 0 Å². The third kappa shape index (κ3) is 5.29. The van der Waals surface area contributed by atoms with Crippen LogP contribution in [0.25, 0.3) is 10.9 Å². The molecule has 1 aliphatic rings. The number of nitrogens with one attached hydrogen (secondary N) is 2. The monoisotopic (exact) mass is 504 g/mol. The minimum atomic E-state index is 0. The highest BCUT2D eigenvalue weighted by Crippen LogP contribution is 2.32. The minimum Gasteiger partial charge on any atom is -0.490 e. The molecule has 0 aliphatic carbocycles. The van der Waals surface area contributed by atoms with Gasteiger partial charge in [-0.2, -0.15) is 0 Å². The summed E-state index contributed by atoms with van der Waals surface area (Å²) in [6, 6.07) is 16.0. The molecule has 2 heterocycles. The summed E-state index contributed by atoms with van der Waals surface area (Å²) >= 11 is 0. The number of para-hydroxylation sites is 1. The molecule has 0 unspecified atom stereocenters. The second-order valence-corrected chi connectivity index (χ2v) is 6.52. The zero-order chi connectivity index (χ0) is 19.2. The molecule has 2 N–H and O–H groups in total. The molecule has 0 saturated heterocycles. The van der Waals surface area contributed by atoms with E-state index in [1.807, 2.05) is 43.5 Å². The lowest BCUT2D eigenvalue weighted by Gasteiger charge is -2.14. The predicted octanol–water partition coefficient (Wildman–Crippen LogP) is 4.59. The van der Waals surface area contributed by atoms with Gasteiger partial charge in [-0.25, -0.2) is 4.99 Å². The number of pyridine rings is 1. The van der Waals surface area contributed by atoms with Gasteiger partial charge in [0, 0.05) is 36.3 Å². The number of anilines is 1. The lowest BCUT2D eigenvalue weighted by Crippen LogP contribution is -2.30. The maximum atomic E-state index is 5.77. The Balaban J connectivity index is 0.00000240. The van der Waals surface area contributed by atoms with Crippen LogP contribution in [-0.4, -0.2) is 30.7 Å². The number of aromatic nitrogens is 1. The smallest absolute Gasteiger partial charge is 0.196 e. The molecule has 6 nitrogen and oxygen atoms in total. The van der Waals surface area contributed by atoms with Crippen molar-refractivity contribution < 1.29 is 9.47 Å². The van der Waals surface area contributed by atoms with Crippen LogP contribution in [0.1, 0.15) is 18.9 Å². The Morgan fingerprint density at radius 2 is 1.90 bits per heavy atom. The van der Waals surface area contributed by atoms with E-state index in [0.29, 0.717) is 25.7 Å². The molecule has 0 fully saturated rings. The molecule has 0 saturated carbocycles. The Morgan fingerprint density at radius 1 is 1.07 bits per heavy atom. The lowest BCUT2D eigenvalue weighted by atomic mass is 10.1. The van der Waals surface area contributed by atoms with Gasteiger partial charge in [0.15, 0.2) is 17.5 Å². The van der Waals surface area contributed by atoms with Crippen molar-refractivity contribution in [3.8, 4) is 11.5 Å². The number of hydrogen-bond acceptors (Lipinski definition) is 4. The van der Waals surface area contributed by atoms with E-state index in [1.165, 1.54) is 0 Å². The van der Waals surface area contributed by atoms with Gasteiger partial charge in [-0.15, -0.1) is 24.0 Å². The molecule has 0 radical (unpaired) electrons. The molecule has 0 amide bonds. The van der Waals surface area contributed by atoms with Crippen LogP contribution >= 0.6 is 24.0 Å². The molecule has 1 aromatic heterocycles. The molecule has 0 spiro atoms. The summed E-state index contributed by atoms with van der Waals surface area (Å²) in [6.07, 6.45) is 2.71. The first kappa shape index (κ1) is 21.2. The SMILES string of the molecule is CCNC(=NCc1cccc2cccnc12)Nc1ccc2c(c1)OCCCO2.I. The zero-order valence-electron chi connectivity index (χ0n) is 16.4. The second-order valence-electron chi connectivity index (χ2n) is 6.52. The van der Waals surface area contributed by atoms with Crippen molar-refractivity contribution in [2.24, 2.45) is 4.99 Å². The van der Waals surface area contributed by atoms with Gasteiger partial charge in [0.05, 0.1) is 25.3 Å². The Labute approximate surface area is 187 Å². The number of halogens is 1. The van der Waals surface area contributed by atoms with Crippen molar-refractivity contribution >= 4 is 46.5 Å². The van der Waals surface area contributed by atoms with Crippen LogP contribution in [0.3, 0.4) is 0 Å². The van der Waals surface area contributed by atoms with Crippen molar-refractivity contribution in [2.75, 3.05) is 25.1 Å². The highest BCUT2D eigenvalue weighted by Gasteiger charge is 2.11. The molecular formula is C22H25IN4O2. The van der Waals surface area contributed by atoms with E-state index in [2.05, 4.69) is 33.8 Å². The van der Waals surface area contributed by atoms with Crippen LogP contribution < -0.4 is 20.1 Å². The molecule has 1 aliphatic heterocycles. The molecule has 0 atom stereocenters. The first-order chi connectivity index (χ1) is 13.8. The summed E-state index contributed by atoms with van der Waals surface area (Å²) in [4.78, 5) is 9.25. The normalized spacial score (nSPS) is 13.3. The predicted molar refractivity (Wildman–Crippen MR) is 128 cm³/mol. The van der Waals surface area contributed by atoms with Gasteiger partial charge in [0.25, 0.3) is 0 Å². The van der Waals surface area contributed by atoms with Gasteiger partial charge in [0.2, 0.25) is 0 Å². The van der Waals surface area contributed by atoms with Gasteiger partial charge in [0.1, 0.15) is 0 Å². The number of aliphatic imine (C=N–C) groups is 1. The van der Waals surface area contributed by atoms with Crippen molar-refractivity contribution in [3.63, 3.8) is 0 Å². The van der Waals surface area contributed by atoms with Gasteiger partial charge in [-0.05, 0) is 30.7 Å². The zero-order valence-corrected chi connectivity index (χ0v) is 18.7. The summed E-state index contributed by atoms with van der Waals surface area (Å²) in [5, 5.41) is 7.76. The van der Waals surface area contributed by atoms with E-state index >= 15 is 0 Å². The fraction of sp³-hybridized carbons (Fsp3) is 0.273.